The summed E-state index contributed by atoms with van der Waals surface area (Å²) in [6.45, 7) is 3.99. The quantitative estimate of drug-likeness (QED) is 0.928. The van der Waals surface area contributed by atoms with Gasteiger partial charge in [-0.3, -0.25) is 0 Å². The lowest BCUT2D eigenvalue weighted by molar-refractivity contribution is 0.628. The topological polar surface area (TPSA) is 41.1 Å². The van der Waals surface area contributed by atoms with E-state index in [0.29, 0.717) is 0 Å². The molecule has 4 nitrogen and oxygen atoms in total. The van der Waals surface area contributed by atoms with Gasteiger partial charge < -0.3 is 10.2 Å². The second-order valence-electron chi connectivity index (χ2n) is 4.58. The molecule has 1 heterocycles. The van der Waals surface area contributed by atoms with Crippen molar-refractivity contribution in [3.8, 4) is 0 Å². The molecule has 0 aliphatic rings. The molecule has 106 valence electrons. The SMILES string of the molecule is CCc1nc(NC)c(C)c(N(C)c2ccc(F)cc2)n1. The molecular formula is C15H19FN4. The van der Waals surface area contributed by atoms with Crippen LogP contribution in [-0.2, 0) is 6.42 Å². The maximum Gasteiger partial charge on any atom is 0.141 e. The number of anilines is 3. The third-order valence-electron chi connectivity index (χ3n) is 3.25. The molecule has 1 aromatic heterocycles. The van der Waals surface area contributed by atoms with Gasteiger partial charge in [0.2, 0.25) is 0 Å². The first kappa shape index (κ1) is 14.2. The molecule has 0 unspecified atom stereocenters. The van der Waals surface area contributed by atoms with E-state index in [2.05, 4.69) is 15.3 Å². The molecule has 0 fully saturated rings. The van der Waals surface area contributed by atoms with Crippen molar-refractivity contribution >= 4 is 17.3 Å². The third-order valence-corrected chi connectivity index (χ3v) is 3.25. The summed E-state index contributed by atoms with van der Waals surface area (Å²) in [5.41, 5.74) is 1.86. The molecule has 1 aromatic carbocycles. The van der Waals surface area contributed by atoms with E-state index in [4.69, 9.17) is 0 Å². The lowest BCUT2D eigenvalue weighted by Crippen LogP contribution is -2.16. The van der Waals surface area contributed by atoms with E-state index in [0.717, 1.165) is 35.1 Å². The second-order valence-corrected chi connectivity index (χ2v) is 4.58. The lowest BCUT2D eigenvalue weighted by Gasteiger charge is -2.22. The summed E-state index contributed by atoms with van der Waals surface area (Å²) in [6.07, 6.45) is 0.763. The average molecular weight is 274 g/mol. The number of halogens is 1. The van der Waals surface area contributed by atoms with Gasteiger partial charge in [-0.2, -0.15) is 0 Å². The zero-order valence-corrected chi connectivity index (χ0v) is 12.2. The minimum absolute atomic E-state index is 0.244. The van der Waals surface area contributed by atoms with Crippen molar-refractivity contribution in [1.29, 1.82) is 0 Å². The van der Waals surface area contributed by atoms with Gasteiger partial charge in [0.15, 0.2) is 0 Å². The van der Waals surface area contributed by atoms with E-state index in [1.54, 1.807) is 12.1 Å². The van der Waals surface area contributed by atoms with Gasteiger partial charge in [0.05, 0.1) is 0 Å². The molecule has 2 aromatic rings. The summed E-state index contributed by atoms with van der Waals surface area (Å²) in [5, 5.41) is 3.09. The molecule has 0 aliphatic heterocycles. The lowest BCUT2D eigenvalue weighted by atomic mass is 10.2. The van der Waals surface area contributed by atoms with E-state index in [1.165, 1.54) is 12.1 Å². The van der Waals surface area contributed by atoms with Gasteiger partial charge in [-0.05, 0) is 31.2 Å². The number of aryl methyl sites for hydroxylation is 1. The molecule has 0 bridgehead atoms. The fourth-order valence-corrected chi connectivity index (χ4v) is 2.06. The molecule has 5 heteroatoms. The Kier molecular flexibility index (Phi) is 4.17. The first-order valence-corrected chi connectivity index (χ1v) is 6.61. The largest absolute Gasteiger partial charge is 0.373 e. The average Bonchev–Trinajstić information content (AvgIpc) is 2.47. The second kappa shape index (κ2) is 5.86. The molecule has 0 saturated carbocycles. The van der Waals surface area contributed by atoms with Crippen LogP contribution in [0.5, 0.6) is 0 Å². The Hall–Kier alpha value is -2.17. The summed E-state index contributed by atoms with van der Waals surface area (Å²) >= 11 is 0. The van der Waals surface area contributed by atoms with Crippen LogP contribution in [0.15, 0.2) is 24.3 Å². The first-order valence-electron chi connectivity index (χ1n) is 6.61. The Morgan fingerprint density at radius 3 is 2.40 bits per heavy atom. The van der Waals surface area contributed by atoms with E-state index in [1.807, 2.05) is 32.8 Å². The maximum absolute atomic E-state index is 13.0. The van der Waals surface area contributed by atoms with E-state index in [9.17, 15) is 4.39 Å². The summed E-state index contributed by atoms with van der Waals surface area (Å²) in [7, 11) is 3.76. The van der Waals surface area contributed by atoms with E-state index < -0.39 is 0 Å². The highest BCUT2D eigenvalue weighted by Crippen LogP contribution is 2.28. The molecule has 0 aliphatic carbocycles. The van der Waals surface area contributed by atoms with Gasteiger partial charge in [0.25, 0.3) is 0 Å². The minimum atomic E-state index is -0.244. The van der Waals surface area contributed by atoms with Crippen LogP contribution in [0.2, 0.25) is 0 Å². The maximum atomic E-state index is 13.0. The number of hydrogen-bond acceptors (Lipinski definition) is 4. The number of benzene rings is 1. The van der Waals surface area contributed by atoms with Crippen LogP contribution in [0.4, 0.5) is 21.7 Å². The van der Waals surface area contributed by atoms with Gasteiger partial charge in [0.1, 0.15) is 23.3 Å². The molecule has 0 amide bonds. The van der Waals surface area contributed by atoms with Crippen LogP contribution in [0.25, 0.3) is 0 Å². The molecule has 20 heavy (non-hydrogen) atoms. The zero-order valence-electron chi connectivity index (χ0n) is 12.2. The highest BCUT2D eigenvalue weighted by atomic mass is 19.1. The van der Waals surface area contributed by atoms with Crippen molar-refractivity contribution in [3.63, 3.8) is 0 Å². The van der Waals surface area contributed by atoms with Crippen molar-refractivity contribution in [2.75, 3.05) is 24.3 Å². The normalized spacial score (nSPS) is 10.4. The Morgan fingerprint density at radius 2 is 1.85 bits per heavy atom. The van der Waals surface area contributed by atoms with Crippen LogP contribution in [0, 0.1) is 12.7 Å². The minimum Gasteiger partial charge on any atom is -0.373 e. The zero-order chi connectivity index (χ0) is 14.7. The van der Waals surface area contributed by atoms with Crippen molar-refractivity contribution in [3.05, 3.63) is 41.5 Å². The monoisotopic (exact) mass is 274 g/mol. The molecule has 0 atom stereocenters. The molecule has 0 saturated heterocycles. The summed E-state index contributed by atoms with van der Waals surface area (Å²) in [6, 6.07) is 6.37. The number of nitrogens with zero attached hydrogens (tertiary/aromatic N) is 3. The molecule has 0 radical (unpaired) electrons. The van der Waals surface area contributed by atoms with Gasteiger partial charge in [-0.15, -0.1) is 0 Å². The van der Waals surface area contributed by atoms with E-state index >= 15 is 0 Å². The fourth-order valence-electron chi connectivity index (χ4n) is 2.06. The Morgan fingerprint density at radius 1 is 1.20 bits per heavy atom. The highest BCUT2D eigenvalue weighted by Gasteiger charge is 2.14. The van der Waals surface area contributed by atoms with Gasteiger partial charge in [-0.1, -0.05) is 6.92 Å². The summed E-state index contributed by atoms with van der Waals surface area (Å²) in [4.78, 5) is 11.0. The molecular weight excluding hydrogens is 255 g/mol. The van der Waals surface area contributed by atoms with Gasteiger partial charge in [-0.25, -0.2) is 14.4 Å². The van der Waals surface area contributed by atoms with Gasteiger partial charge >= 0.3 is 0 Å². The number of rotatable bonds is 4. The Balaban J connectivity index is 2.47. The predicted molar refractivity (Wildman–Crippen MR) is 80.2 cm³/mol. The predicted octanol–water partition coefficient (Wildman–Crippen LogP) is 3.30. The number of nitrogens with one attached hydrogen (secondary N) is 1. The Labute approximate surface area is 118 Å². The third kappa shape index (κ3) is 2.71. The number of hydrogen-bond donors (Lipinski definition) is 1. The highest BCUT2D eigenvalue weighted by molar-refractivity contribution is 5.66. The smallest absolute Gasteiger partial charge is 0.141 e. The van der Waals surface area contributed by atoms with Crippen LogP contribution in [-0.4, -0.2) is 24.1 Å². The first-order chi connectivity index (χ1) is 9.56. The Bertz CT molecular complexity index is 596. The van der Waals surface area contributed by atoms with Crippen LogP contribution in [0.3, 0.4) is 0 Å². The molecule has 1 N–H and O–H groups in total. The van der Waals surface area contributed by atoms with E-state index in [-0.39, 0.29) is 5.82 Å². The standard InChI is InChI=1S/C15H19FN4/c1-5-13-18-14(17-3)10(2)15(19-13)20(4)12-8-6-11(16)7-9-12/h6-9H,5H2,1-4H3,(H,17,18,19). The summed E-state index contributed by atoms with van der Waals surface area (Å²) in [5.74, 6) is 2.18. The van der Waals surface area contributed by atoms with Crippen LogP contribution in [0.1, 0.15) is 18.3 Å². The van der Waals surface area contributed by atoms with Crippen LogP contribution < -0.4 is 10.2 Å². The molecule has 2 rings (SSSR count). The molecule has 0 spiro atoms. The summed E-state index contributed by atoms with van der Waals surface area (Å²) < 4.78 is 13.0. The van der Waals surface area contributed by atoms with Crippen LogP contribution >= 0.6 is 0 Å². The van der Waals surface area contributed by atoms with Crippen molar-refractivity contribution < 1.29 is 4.39 Å². The fraction of sp³-hybridized carbons (Fsp3) is 0.333. The number of aromatic nitrogens is 2. The van der Waals surface area contributed by atoms with Gasteiger partial charge in [0, 0.05) is 31.8 Å². The van der Waals surface area contributed by atoms with Crippen molar-refractivity contribution in [1.82, 2.24) is 9.97 Å². The van der Waals surface area contributed by atoms with Crippen molar-refractivity contribution in [2.45, 2.75) is 20.3 Å². The van der Waals surface area contributed by atoms with Crippen molar-refractivity contribution in [2.24, 2.45) is 0 Å².